The van der Waals surface area contributed by atoms with Crippen LogP contribution in [0, 0.1) is 5.82 Å². The maximum absolute atomic E-state index is 13.5. The van der Waals surface area contributed by atoms with Crippen LogP contribution in [0.25, 0.3) is 0 Å². The van der Waals surface area contributed by atoms with Crippen LogP contribution in [-0.2, 0) is 16.4 Å². The normalized spacial score (nSPS) is 11.5. The van der Waals surface area contributed by atoms with Crippen molar-refractivity contribution in [3.8, 4) is 0 Å². The average Bonchev–Trinajstić information content (AvgIpc) is 2.83. The van der Waals surface area contributed by atoms with E-state index >= 15 is 0 Å². The number of rotatable bonds is 4. The highest BCUT2D eigenvalue weighted by molar-refractivity contribution is 7.92. The standard InChI is InChI=1S/C11H11ClFN3O2S/c1-2-9-14-6-10(15-9)19(17,18)16-11-7(12)4-3-5-8(11)13/h3-6,16H,2H2,1H3,(H,14,15). The number of aryl methyl sites for hydroxylation is 1. The van der Waals surface area contributed by atoms with Crippen LogP contribution in [0.3, 0.4) is 0 Å². The fraction of sp³-hybridized carbons (Fsp3) is 0.182. The van der Waals surface area contributed by atoms with Gasteiger partial charge in [0, 0.05) is 6.42 Å². The number of aromatic amines is 1. The summed E-state index contributed by atoms with van der Waals surface area (Å²) in [7, 11) is -3.94. The SMILES string of the molecule is CCc1ncc(S(=O)(=O)Nc2c(F)cccc2Cl)[nH]1. The first-order valence-corrected chi connectivity index (χ1v) is 7.31. The molecule has 2 rings (SSSR count). The zero-order valence-electron chi connectivity index (χ0n) is 9.94. The van der Waals surface area contributed by atoms with E-state index in [1.807, 2.05) is 6.92 Å². The van der Waals surface area contributed by atoms with Gasteiger partial charge in [0.2, 0.25) is 0 Å². The molecular formula is C11H11ClFN3O2S. The van der Waals surface area contributed by atoms with Gasteiger partial charge in [-0.05, 0) is 12.1 Å². The number of benzene rings is 1. The van der Waals surface area contributed by atoms with Crippen LogP contribution in [0.4, 0.5) is 10.1 Å². The summed E-state index contributed by atoms with van der Waals surface area (Å²) in [4.78, 5) is 6.52. The van der Waals surface area contributed by atoms with Gasteiger partial charge in [0.25, 0.3) is 10.0 Å². The first-order chi connectivity index (χ1) is 8.94. The predicted octanol–water partition coefficient (Wildman–Crippen LogP) is 2.57. The van der Waals surface area contributed by atoms with Gasteiger partial charge in [0.1, 0.15) is 17.3 Å². The van der Waals surface area contributed by atoms with Crippen molar-refractivity contribution in [2.24, 2.45) is 0 Å². The predicted molar refractivity (Wildman–Crippen MR) is 70.2 cm³/mol. The van der Waals surface area contributed by atoms with Crippen LogP contribution >= 0.6 is 11.6 Å². The van der Waals surface area contributed by atoms with E-state index in [-0.39, 0.29) is 15.7 Å². The van der Waals surface area contributed by atoms with Crippen LogP contribution < -0.4 is 4.72 Å². The molecule has 0 aliphatic rings. The summed E-state index contributed by atoms with van der Waals surface area (Å²) in [5, 5.41) is -0.150. The molecule has 0 fully saturated rings. The minimum absolute atomic E-state index is 0.0150. The van der Waals surface area contributed by atoms with Gasteiger partial charge in [0.15, 0.2) is 5.03 Å². The molecule has 0 atom stereocenters. The second-order valence-corrected chi connectivity index (χ2v) is 5.81. The third-order valence-electron chi connectivity index (χ3n) is 2.43. The van der Waals surface area contributed by atoms with Gasteiger partial charge in [0.05, 0.1) is 11.2 Å². The molecule has 1 aromatic carbocycles. The van der Waals surface area contributed by atoms with Crippen molar-refractivity contribution >= 4 is 27.3 Å². The van der Waals surface area contributed by atoms with Crippen molar-refractivity contribution in [1.82, 2.24) is 9.97 Å². The molecule has 1 heterocycles. The Morgan fingerprint density at radius 2 is 2.21 bits per heavy atom. The minimum Gasteiger partial charge on any atom is -0.332 e. The molecule has 2 N–H and O–H groups in total. The highest BCUT2D eigenvalue weighted by Crippen LogP contribution is 2.26. The lowest BCUT2D eigenvalue weighted by atomic mass is 10.3. The maximum atomic E-state index is 13.5. The lowest BCUT2D eigenvalue weighted by Gasteiger charge is -2.08. The molecule has 0 radical (unpaired) electrons. The molecule has 0 aliphatic carbocycles. The molecule has 2 aromatic rings. The number of nitrogens with zero attached hydrogens (tertiary/aromatic N) is 1. The van der Waals surface area contributed by atoms with E-state index in [2.05, 4.69) is 14.7 Å². The van der Waals surface area contributed by atoms with Crippen LogP contribution in [0.5, 0.6) is 0 Å². The van der Waals surface area contributed by atoms with Crippen LogP contribution in [-0.4, -0.2) is 18.4 Å². The van der Waals surface area contributed by atoms with Gasteiger partial charge in [-0.3, -0.25) is 4.72 Å². The lowest BCUT2D eigenvalue weighted by Crippen LogP contribution is -2.14. The molecule has 1 aromatic heterocycles. The maximum Gasteiger partial charge on any atom is 0.279 e. The third kappa shape index (κ3) is 2.87. The topological polar surface area (TPSA) is 74.8 Å². The summed E-state index contributed by atoms with van der Waals surface area (Å²) in [6, 6.07) is 3.90. The molecule has 8 heteroatoms. The van der Waals surface area contributed by atoms with E-state index in [1.165, 1.54) is 18.3 Å². The van der Waals surface area contributed by atoms with E-state index in [9.17, 15) is 12.8 Å². The number of anilines is 1. The first-order valence-electron chi connectivity index (χ1n) is 5.44. The number of hydrogen-bond acceptors (Lipinski definition) is 3. The summed E-state index contributed by atoms with van der Waals surface area (Å²) in [5.74, 6) is -0.216. The summed E-state index contributed by atoms with van der Waals surface area (Å²) in [6.07, 6.45) is 1.74. The van der Waals surface area contributed by atoms with Crippen LogP contribution in [0.1, 0.15) is 12.7 Å². The van der Waals surface area contributed by atoms with Crippen molar-refractivity contribution in [3.05, 3.63) is 41.1 Å². The number of nitrogens with one attached hydrogen (secondary N) is 2. The molecule has 0 saturated heterocycles. The number of hydrogen-bond donors (Lipinski definition) is 2. The Hall–Kier alpha value is -1.60. The Bertz CT molecular complexity index is 679. The molecule has 0 spiro atoms. The van der Waals surface area contributed by atoms with Gasteiger partial charge in [-0.15, -0.1) is 0 Å². The van der Waals surface area contributed by atoms with Crippen molar-refractivity contribution in [2.75, 3.05) is 4.72 Å². The number of halogens is 2. The number of sulfonamides is 1. The van der Waals surface area contributed by atoms with Crippen molar-refractivity contribution in [2.45, 2.75) is 18.4 Å². The van der Waals surface area contributed by atoms with Crippen molar-refractivity contribution in [1.29, 1.82) is 0 Å². The van der Waals surface area contributed by atoms with E-state index in [0.29, 0.717) is 12.2 Å². The first kappa shape index (κ1) is 13.8. The Morgan fingerprint density at radius 1 is 1.47 bits per heavy atom. The van der Waals surface area contributed by atoms with Crippen LogP contribution in [0.15, 0.2) is 29.4 Å². The Kier molecular flexibility index (Phi) is 3.77. The fourth-order valence-electron chi connectivity index (χ4n) is 1.44. The Labute approximate surface area is 114 Å². The summed E-state index contributed by atoms with van der Waals surface area (Å²) in [6.45, 7) is 1.83. The monoisotopic (exact) mass is 303 g/mol. The van der Waals surface area contributed by atoms with E-state index < -0.39 is 15.8 Å². The number of aromatic nitrogens is 2. The van der Waals surface area contributed by atoms with Gasteiger partial charge in [-0.1, -0.05) is 24.6 Å². The molecule has 102 valence electrons. The zero-order valence-corrected chi connectivity index (χ0v) is 11.5. The molecule has 5 nitrogen and oxygen atoms in total. The number of H-pyrrole nitrogens is 1. The molecule has 0 unspecified atom stereocenters. The molecule has 19 heavy (non-hydrogen) atoms. The van der Waals surface area contributed by atoms with E-state index in [4.69, 9.17) is 11.6 Å². The average molecular weight is 304 g/mol. The van der Waals surface area contributed by atoms with Gasteiger partial charge in [-0.25, -0.2) is 9.37 Å². The summed E-state index contributed by atoms with van der Waals surface area (Å²) in [5.41, 5.74) is -0.281. The number of imidazole rings is 1. The summed E-state index contributed by atoms with van der Waals surface area (Å²) >= 11 is 5.76. The van der Waals surface area contributed by atoms with E-state index in [1.54, 1.807) is 0 Å². The van der Waals surface area contributed by atoms with Crippen molar-refractivity contribution < 1.29 is 12.8 Å². The minimum atomic E-state index is -3.94. The van der Waals surface area contributed by atoms with Gasteiger partial charge >= 0.3 is 0 Å². The highest BCUT2D eigenvalue weighted by Gasteiger charge is 2.20. The second-order valence-electron chi connectivity index (χ2n) is 3.75. The fourth-order valence-corrected chi connectivity index (χ4v) is 2.74. The zero-order chi connectivity index (χ0) is 14.0. The molecule has 0 amide bonds. The van der Waals surface area contributed by atoms with Crippen LogP contribution in [0.2, 0.25) is 5.02 Å². The molecule has 0 saturated carbocycles. The highest BCUT2D eigenvalue weighted by atomic mass is 35.5. The molecular weight excluding hydrogens is 293 g/mol. The smallest absolute Gasteiger partial charge is 0.279 e. The third-order valence-corrected chi connectivity index (χ3v) is 4.00. The van der Waals surface area contributed by atoms with Gasteiger partial charge in [-0.2, -0.15) is 8.42 Å². The summed E-state index contributed by atoms with van der Waals surface area (Å²) < 4.78 is 39.7. The van der Waals surface area contributed by atoms with E-state index in [0.717, 1.165) is 6.07 Å². The lowest BCUT2D eigenvalue weighted by molar-refractivity contribution is 0.595. The Balaban J connectivity index is 2.36. The van der Waals surface area contributed by atoms with Crippen molar-refractivity contribution in [3.63, 3.8) is 0 Å². The quantitative estimate of drug-likeness (QED) is 0.911. The molecule has 0 aliphatic heterocycles. The molecule has 0 bridgehead atoms. The largest absolute Gasteiger partial charge is 0.332 e. The van der Waals surface area contributed by atoms with Gasteiger partial charge < -0.3 is 4.98 Å². The second kappa shape index (κ2) is 5.18. The Morgan fingerprint density at radius 3 is 2.79 bits per heavy atom. The number of para-hydroxylation sites is 1.